The topological polar surface area (TPSA) is 75.7 Å². The minimum absolute atomic E-state index is 0.157. The van der Waals surface area contributed by atoms with Crippen LogP contribution in [0.1, 0.15) is 65.6 Å². The van der Waals surface area contributed by atoms with Crippen LogP contribution in [0.5, 0.6) is 0 Å². The highest BCUT2D eigenvalue weighted by atomic mass is 16.8. The molecule has 0 aliphatic carbocycles. The monoisotopic (exact) mass is 869 g/mol. The largest absolute Gasteiger partial charge is 0.528 e. The van der Waals surface area contributed by atoms with Crippen LogP contribution in [0.4, 0.5) is 4.79 Å². The van der Waals surface area contributed by atoms with Gasteiger partial charge in [0.25, 0.3) is 0 Å². The number of hydroxylamine groups is 2. The Balaban J connectivity index is 1.11. The first-order chi connectivity index (χ1) is 31.7. The number of hydrogen-bond donors (Lipinski definition) is 0. The van der Waals surface area contributed by atoms with Crippen molar-refractivity contribution in [2.45, 2.75) is 63.8 Å². The minimum Gasteiger partial charge on any atom is -0.427 e. The normalized spacial score (nSPS) is 16.9. The van der Waals surface area contributed by atoms with Crippen LogP contribution in [0, 0.1) is 5.92 Å². The van der Waals surface area contributed by atoms with Gasteiger partial charge < -0.3 is 28.5 Å². The van der Waals surface area contributed by atoms with Gasteiger partial charge in [-0.25, -0.2) is 4.79 Å². The van der Waals surface area contributed by atoms with Crippen molar-refractivity contribution in [2.75, 3.05) is 32.9 Å². The predicted molar refractivity (Wildman–Crippen MR) is 255 cm³/mol. The van der Waals surface area contributed by atoms with E-state index in [0.717, 1.165) is 44.3 Å². The van der Waals surface area contributed by atoms with Gasteiger partial charge in [0.15, 0.2) is 0 Å². The molecular formula is C57H59NO7. The molecule has 0 bridgehead atoms. The number of fused-ring (bicyclic) bond motifs is 1. The van der Waals surface area contributed by atoms with E-state index < -0.39 is 23.5 Å². The van der Waals surface area contributed by atoms with Crippen molar-refractivity contribution in [1.82, 2.24) is 5.06 Å². The van der Waals surface area contributed by atoms with E-state index in [1.54, 1.807) is 5.06 Å². The number of hydrogen-bond acceptors (Lipinski definition) is 8. The molecule has 0 saturated carbocycles. The fraction of sp³-hybridized carbons (Fsp3) is 0.281. The van der Waals surface area contributed by atoms with E-state index in [0.29, 0.717) is 52.7 Å². The first-order valence-corrected chi connectivity index (χ1v) is 22.6. The highest BCUT2D eigenvalue weighted by Crippen LogP contribution is 2.43. The molecule has 0 aromatic heterocycles. The van der Waals surface area contributed by atoms with Crippen molar-refractivity contribution < 1.29 is 33.3 Å². The summed E-state index contributed by atoms with van der Waals surface area (Å²) in [5, 5.41) is 4.01. The van der Waals surface area contributed by atoms with Crippen molar-refractivity contribution in [3.05, 3.63) is 227 Å². The third-order valence-corrected chi connectivity index (χ3v) is 11.8. The molecule has 3 unspecified atom stereocenters. The predicted octanol–water partition coefficient (Wildman–Crippen LogP) is 12.0. The van der Waals surface area contributed by atoms with Gasteiger partial charge in [0.1, 0.15) is 11.2 Å². The Hall–Kier alpha value is -6.13. The zero-order valence-electron chi connectivity index (χ0n) is 37.6. The quantitative estimate of drug-likeness (QED) is 0.0480. The van der Waals surface area contributed by atoms with E-state index in [2.05, 4.69) is 146 Å². The molecule has 1 fully saturated rings. The smallest absolute Gasteiger partial charge is 0.427 e. The Labute approximate surface area is 383 Å². The van der Waals surface area contributed by atoms with Crippen LogP contribution < -0.4 is 0 Å². The molecule has 0 amide bonds. The van der Waals surface area contributed by atoms with Gasteiger partial charge in [0, 0.05) is 18.4 Å². The van der Waals surface area contributed by atoms with Crippen LogP contribution >= 0.6 is 0 Å². The number of benzene rings is 7. The summed E-state index contributed by atoms with van der Waals surface area (Å²) in [6, 6.07) is 64.7. The second-order valence-electron chi connectivity index (χ2n) is 17.6. The highest BCUT2D eigenvalue weighted by molar-refractivity contribution is 5.83. The SMILES string of the molecule is CC(C)(C)OC(=O)ON1CC(COC(c2ccccc2)(c2ccccc2)c2ccccc2)C(c2ccc(COCCOCc3ccccc3)cc2)C(OCc2ccc3ccccc3c2)C1. The van der Waals surface area contributed by atoms with Crippen LogP contribution in [-0.2, 0) is 53.9 Å². The number of nitrogens with zero attached hydrogens (tertiary/aromatic N) is 1. The molecule has 1 aliphatic rings. The highest BCUT2D eigenvalue weighted by Gasteiger charge is 2.44. The maximum absolute atomic E-state index is 13.3. The average Bonchev–Trinajstić information content (AvgIpc) is 3.33. The Bertz CT molecular complexity index is 2430. The van der Waals surface area contributed by atoms with E-state index >= 15 is 0 Å². The maximum atomic E-state index is 13.3. The number of carbonyl (C=O) groups is 1. The summed E-state index contributed by atoms with van der Waals surface area (Å²) in [5.74, 6) is -0.373. The lowest BCUT2D eigenvalue weighted by Gasteiger charge is -2.44. The molecule has 0 N–H and O–H groups in total. The first-order valence-electron chi connectivity index (χ1n) is 22.6. The van der Waals surface area contributed by atoms with Crippen molar-refractivity contribution in [2.24, 2.45) is 5.92 Å². The van der Waals surface area contributed by atoms with Crippen LogP contribution in [0.2, 0.25) is 0 Å². The minimum atomic E-state index is -0.962. The lowest BCUT2D eigenvalue weighted by molar-refractivity contribution is -0.198. The van der Waals surface area contributed by atoms with E-state index in [-0.39, 0.29) is 11.8 Å². The zero-order chi connectivity index (χ0) is 44.9. The average molecular weight is 870 g/mol. The van der Waals surface area contributed by atoms with Crippen molar-refractivity contribution in [3.63, 3.8) is 0 Å². The van der Waals surface area contributed by atoms with Gasteiger partial charge in [-0.1, -0.05) is 182 Å². The molecular weight excluding hydrogens is 811 g/mol. The molecule has 8 nitrogen and oxygen atoms in total. The third-order valence-electron chi connectivity index (χ3n) is 11.8. The second-order valence-corrected chi connectivity index (χ2v) is 17.6. The summed E-state index contributed by atoms with van der Waals surface area (Å²) in [4.78, 5) is 19.4. The van der Waals surface area contributed by atoms with E-state index in [1.165, 1.54) is 5.39 Å². The number of ether oxygens (including phenoxy) is 5. The Morgan fingerprint density at radius 2 is 1.06 bits per heavy atom. The number of piperidine rings is 1. The van der Waals surface area contributed by atoms with Crippen LogP contribution in [0.15, 0.2) is 188 Å². The lowest BCUT2D eigenvalue weighted by Crippen LogP contribution is -2.52. The molecule has 8 rings (SSSR count). The summed E-state index contributed by atoms with van der Waals surface area (Å²) in [7, 11) is 0. The van der Waals surface area contributed by atoms with Crippen molar-refractivity contribution in [1.29, 1.82) is 0 Å². The fourth-order valence-electron chi connectivity index (χ4n) is 8.76. The second kappa shape index (κ2) is 21.7. The molecule has 334 valence electrons. The third kappa shape index (κ3) is 12.0. The van der Waals surface area contributed by atoms with Gasteiger partial charge in [-0.3, -0.25) is 0 Å². The summed E-state index contributed by atoms with van der Waals surface area (Å²) in [5.41, 5.74) is 5.67. The molecule has 0 radical (unpaired) electrons. The summed E-state index contributed by atoms with van der Waals surface area (Å²) in [6.45, 7) is 8.85. The zero-order valence-corrected chi connectivity index (χ0v) is 37.6. The van der Waals surface area contributed by atoms with E-state index in [1.807, 2.05) is 63.2 Å². The summed E-state index contributed by atoms with van der Waals surface area (Å²) >= 11 is 0. The van der Waals surface area contributed by atoms with Crippen LogP contribution in [-0.4, -0.2) is 55.8 Å². The molecule has 8 heteroatoms. The molecule has 3 atom stereocenters. The standard InChI is InChI=1S/C57H59NO7/c1-56(2,3)64-55(59)65-58-37-49(42-63-57(50-22-10-5-11-23-50,51-24-12-6-13-25-51)52-26-14-7-15-27-52)54(53(38-58)62-41-45-30-31-46-20-16-17-21-48(46)36-45)47-32-28-44(29-33-47)40-61-35-34-60-39-43-18-8-4-9-19-43/h4-33,36,49,53-54H,34-35,37-42H2,1-3H3. The van der Waals surface area contributed by atoms with Crippen molar-refractivity contribution >= 4 is 16.9 Å². The molecule has 1 heterocycles. The number of rotatable bonds is 18. The summed E-state index contributed by atoms with van der Waals surface area (Å²) < 4.78 is 32.1. The van der Waals surface area contributed by atoms with E-state index in [9.17, 15) is 4.79 Å². The molecule has 1 saturated heterocycles. The Morgan fingerprint density at radius 3 is 1.63 bits per heavy atom. The van der Waals surface area contributed by atoms with E-state index in [4.69, 9.17) is 28.5 Å². The maximum Gasteiger partial charge on any atom is 0.528 e. The van der Waals surface area contributed by atoms with Gasteiger partial charge in [-0.2, -0.15) is 0 Å². The number of carbonyl (C=O) groups excluding carboxylic acids is 1. The van der Waals surface area contributed by atoms with Gasteiger partial charge in [0.2, 0.25) is 0 Å². The van der Waals surface area contributed by atoms with Crippen LogP contribution in [0.25, 0.3) is 10.8 Å². The molecule has 7 aromatic rings. The van der Waals surface area contributed by atoms with Gasteiger partial charge in [-0.05, 0) is 76.6 Å². The molecule has 0 spiro atoms. The molecule has 65 heavy (non-hydrogen) atoms. The van der Waals surface area contributed by atoms with Crippen molar-refractivity contribution in [3.8, 4) is 0 Å². The van der Waals surface area contributed by atoms with Gasteiger partial charge >= 0.3 is 6.16 Å². The Kier molecular flexibility index (Phi) is 15.2. The summed E-state index contributed by atoms with van der Waals surface area (Å²) in [6.07, 6.45) is -1.17. The van der Waals surface area contributed by atoms with Gasteiger partial charge in [-0.15, -0.1) is 5.06 Å². The first kappa shape index (κ1) is 45.4. The lowest BCUT2D eigenvalue weighted by atomic mass is 9.77. The fourth-order valence-corrected chi connectivity index (χ4v) is 8.76. The molecule has 1 aliphatic heterocycles. The Morgan fingerprint density at radius 1 is 0.554 bits per heavy atom. The van der Waals surface area contributed by atoms with Gasteiger partial charge in [0.05, 0.1) is 52.3 Å². The van der Waals surface area contributed by atoms with Crippen LogP contribution in [0.3, 0.4) is 0 Å². The molecule has 7 aromatic carbocycles.